The molecule has 2 aromatic carbocycles. The van der Waals surface area contributed by atoms with Crippen molar-refractivity contribution in [2.24, 2.45) is 0 Å². The number of methoxy groups -OCH3 is 1. The third-order valence-electron chi connectivity index (χ3n) is 4.22. The Morgan fingerprint density at radius 1 is 1.16 bits per heavy atom. The van der Waals surface area contributed by atoms with E-state index in [1.54, 1.807) is 49.6 Å². The van der Waals surface area contributed by atoms with Gasteiger partial charge in [-0.15, -0.1) is 0 Å². The van der Waals surface area contributed by atoms with E-state index in [0.29, 0.717) is 30.0 Å². The molecule has 1 N–H and O–H groups in total. The molecule has 25 heavy (non-hydrogen) atoms. The van der Waals surface area contributed by atoms with Crippen molar-refractivity contribution in [2.75, 3.05) is 31.6 Å². The number of carbonyl (C=O) groups is 1. The first-order valence-corrected chi connectivity index (χ1v) is 9.40. The van der Waals surface area contributed by atoms with Crippen LogP contribution < -0.4 is 9.62 Å². The molecule has 2 aromatic rings. The summed E-state index contributed by atoms with van der Waals surface area (Å²) >= 11 is 0. The second kappa shape index (κ2) is 6.85. The molecule has 1 aliphatic heterocycles. The average Bonchev–Trinajstić information content (AvgIpc) is 2.63. The number of benzene rings is 2. The number of nitrogens with one attached hydrogen (secondary N) is 1. The Morgan fingerprint density at radius 2 is 1.92 bits per heavy atom. The third-order valence-corrected chi connectivity index (χ3v) is 6.05. The highest BCUT2D eigenvalue weighted by Gasteiger charge is 2.32. The number of nitrogens with zero attached hydrogens (tertiary/aromatic N) is 1. The molecular formula is C18H20N2O4S. The van der Waals surface area contributed by atoms with Crippen molar-refractivity contribution in [3.8, 4) is 11.1 Å². The lowest BCUT2D eigenvalue weighted by Crippen LogP contribution is -2.31. The summed E-state index contributed by atoms with van der Waals surface area (Å²) in [6, 6.07) is 11.9. The lowest BCUT2D eigenvalue weighted by molar-refractivity contribution is 0.0948. The maximum atomic E-state index is 12.6. The van der Waals surface area contributed by atoms with Gasteiger partial charge < -0.3 is 10.1 Å². The number of carbonyl (C=O) groups excluding carboxylic acids is 1. The predicted molar refractivity (Wildman–Crippen MR) is 96.3 cm³/mol. The van der Waals surface area contributed by atoms with Gasteiger partial charge in [-0.25, -0.2) is 8.42 Å². The summed E-state index contributed by atoms with van der Waals surface area (Å²) < 4.78 is 31.5. The number of hydrogen-bond donors (Lipinski definition) is 1. The van der Waals surface area contributed by atoms with Crippen molar-refractivity contribution < 1.29 is 17.9 Å². The monoisotopic (exact) mass is 360 g/mol. The molecule has 0 radical (unpaired) electrons. The Morgan fingerprint density at radius 3 is 2.68 bits per heavy atom. The summed E-state index contributed by atoms with van der Waals surface area (Å²) in [4.78, 5) is 12.6. The van der Waals surface area contributed by atoms with Crippen LogP contribution in [0.3, 0.4) is 0 Å². The molecule has 7 heteroatoms. The van der Waals surface area contributed by atoms with Crippen LogP contribution in [0.15, 0.2) is 47.4 Å². The first kappa shape index (κ1) is 17.4. The van der Waals surface area contributed by atoms with E-state index in [4.69, 9.17) is 4.74 Å². The molecule has 0 bridgehead atoms. The van der Waals surface area contributed by atoms with Crippen LogP contribution in [0.25, 0.3) is 11.1 Å². The van der Waals surface area contributed by atoms with Gasteiger partial charge in [-0.1, -0.05) is 18.2 Å². The zero-order valence-corrected chi connectivity index (χ0v) is 15.0. The first-order valence-electron chi connectivity index (χ1n) is 7.96. The summed E-state index contributed by atoms with van der Waals surface area (Å²) in [5, 5.41) is 2.84. The van der Waals surface area contributed by atoms with Gasteiger partial charge in [0.25, 0.3) is 15.9 Å². The zero-order valence-electron chi connectivity index (χ0n) is 14.2. The van der Waals surface area contributed by atoms with E-state index in [9.17, 15) is 13.2 Å². The van der Waals surface area contributed by atoms with Crippen molar-refractivity contribution in [3.05, 3.63) is 48.0 Å². The number of sulfonamides is 1. The number of rotatable bonds is 5. The number of ether oxygens (including phenoxy) is 1. The molecule has 1 heterocycles. The highest BCUT2D eigenvalue weighted by Crippen LogP contribution is 2.42. The SMILES string of the molecule is COCCCNC(=O)c1ccc2c(c1)-c1ccccc1S(=O)(=O)N2C. The fourth-order valence-corrected chi connectivity index (χ4v) is 4.30. The van der Waals surface area contributed by atoms with Crippen LogP contribution in [0.2, 0.25) is 0 Å². The maximum Gasteiger partial charge on any atom is 0.264 e. The Kier molecular flexibility index (Phi) is 4.78. The number of fused-ring (bicyclic) bond motifs is 3. The van der Waals surface area contributed by atoms with E-state index >= 15 is 0 Å². The maximum absolute atomic E-state index is 12.6. The van der Waals surface area contributed by atoms with Crippen molar-refractivity contribution in [1.82, 2.24) is 5.32 Å². The summed E-state index contributed by atoms with van der Waals surface area (Å²) in [7, 11) is -0.428. The normalized spacial score (nSPS) is 14.6. The number of amides is 1. The van der Waals surface area contributed by atoms with Gasteiger partial charge in [-0.2, -0.15) is 0 Å². The second-order valence-corrected chi connectivity index (χ2v) is 7.74. The quantitative estimate of drug-likeness (QED) is 0.830. The van der Waals surface area contributed by atoms with Crippen molar-refractivity contribution in [2.45, 2.75) is 11.3 Å². The van der Waals surface area contributed by atoms with E-state index in [2.05, 4.69) is 5.32 Å². The number of hydrogen-bond acceptors (Lipinski definition) is 4. The molecule has 0 fully saturated rings. The molecule has 1 aliphatic rings. The van der Waals surface area contributed by atoms with Crippen molar-refractivity contribution in [1.29, 1.82) is 0 Å². The molecular weight excluding hydrogens is 340 g/mol. The Labute approximate surface area is 147 Å². The molecule has 0 unspecified atom stereocenters. The first-order chi connectivity index (χ1) is 12.0. The molecule has 6 nitrogen and oxygen atoms in total. The summed E-state index contributed by atoms with van der Waals surface area (Å²) in [5.74, 6) is -0.188. The van der Waals surface area contributed by atoms with Crippen LogP contribution in [0, 0.1) is 0 Å². The van der Waals surface area contributed by atoms with Gasteiger partial charge in [0, 0.05) is 44.0 Å². The summed E-state index contributed by atoms with van der Waals surface area (Å²) in [6.45, 7) is 1.11. The smallest absolute Gasteiger partial charge is 0.264 e. The molecule has 0 saturated carbocycles. The van der Waals surface area contributed by atoms with Gasteiger partial charge in [0.1, 0.15) is 0 Å². The van der Waals surface area contributed by atoms with Gasteiger partial charge in [0.2, 0.25) is 0 Å². The Balaban J connectivity index is 1.97. The Bertz CT molecular complexity index is 909. The van der Waals surface area contributed by atoms with Crippen LogP contribution >= 0.6 is 0 Å². The lowest BCUT2D eigenvalue weighted by Gasteiger charge is -2.29. The van der Waals surface area contributed by atoms with Crippen LogP contribution in [0.5, 0.6) is 0 Å². The van der Waals surface area contributed by atoms with Crippen molar-refractivity contribution >= 4 is 21.6 Å². The molecule has 0 aliphatic carbocycles. The van der Waals surface area contributed by atoms with E-state index in [-0.39, 0.29) is 10.8 Å². The Hall–Kier alpha value is -2.38. The van der Waals surface area contributed by atoms with Crippen molar-refractivity contribution in [3.63, 3.8) is 0 Å². The highest BCUT2D eigenvalue weighted by molar-refractivity contribution is 7.93. The fourth-order valence-electron chi connectivity index (χ4n) is 2.88. The molecule has 0 aromatic heterocycles. The fraction of sp³-hybridized carbons (Fsp3) is 0.278. The van der Waals surface area contributed by atoms with Gasteiger partial charge >= 0.3 is 0 Å². The molecule has 0 saturated heterocycles. The predicted octanol–water partition coefficient (Wildman–Crippen LogP) is 2.26. The average molecular weight is 360 g/mol. The largest absolute Gasteiger partial charge is 0.385 e. The van der Waals surface area contributed by atoms with E-state index in [0.717, 1.165) is 12.0 Å². The molecule has 132 valence electrons. The van der Waals surface area contributed by atoms with E-state index in [1.165, 1.54) is 11.4 Å². The van der Waals surface area contributed by atoms with Gasteiger partial charge in [-0.05, 0) is 30.7 Å². The minimum Gasteiger partial charge on any atom is -0.385 e. The van der Waals surface area contributed by atoms with Gasteiger partial charge in [0.05, 0.1) is 10.6 Å². The minimum absolute atomic E-state index is 0.188. The topological polar surface area (TPSA) is 75.7 Å². The molecule has 0 spiro atoms. The highest BCUT2D eigenvalue weighted by atomic mass is 32.2. The molecule has 1 amide bonds. The minimum atomic E-state index is -3.57. The molecule has 3 rings (SSSR count). The third kappa shape index (κ3) is 3.12. The lowest BCUT2D eigenvalue weighted by atomic mass is 10.00. The summed E-state index contributed by atoms with van der Waals surface area (Å²) in [5.41, 5.74) is 2.41. The standard InChI is InChI=1S/C18H20N2O4S/c1-20-16-9-8-13(18(21)19-10-5-11-24-2)12-15(16)14-6-3-4-7-17(14)25(20,22)23/h3-4,6-9,12H,5,10-11H2,1-2H3,(H,19,21). The van der Waals surface area contributed by atoms with Gasteiger partial charge in [-0.3, -0.25) is 9.10 Å². The van der Waals surface area contributed by atoms with Crippen LogP contribution in [0.1, 0.15) is 16.8 Å². The van der Waals surface area contributed by atoms with E-state index in [1.807, 2.05) is 0 Å². The second-order valence-electron chi connectivity index (χ2n) is 5.80. The van der Waals surface area contributed by atoms with E-state index < -0.39 is 10.0 Å². The van der Waals surface area contributed by atoms with Crippen LogP contribution in [0.4, 0.5) is 5.69 Å². The molecule has 0 atom stereocenters. The van der Waals surface area contributed by atoms with Crippen LogP contribution in [-0.2, 0) is 14.8 Å². The van der Waals surface area contributed by atoms with Crippen LogP contribution in [-0.4, -0.2) is 41.6 Å². The van der Waals surface area contributed by atoms with Gasteiger partial charge in [0.15, 0.2) is 0 Å². The summed E-state index contributed by atoms with van der Waals surface area (Å²) in [6.07, 6.45) is 0.733. The number of anilines is 1. The zero-order chi connectivity index (χ0) is 18.0.